The first-order chi connectivity index (χ1) is 14.2. The van der Waals surface area contributed by atoms with Gasteiger partial charge in [0.2, 0.25) is 0 Å². The molecule has 156 valence electrons. The Bertz CT molecular complexity index is 799. The number of benzene rings is 1. The lowest BCUT2D eigenvalue weighted by molar-refractivity contribution is 0.222. The quantitative estimate of drug-likeness (QED) is 0.470. The van der Waals surface area contributed by atoms with Crippen LogP contribution in [0.5, 0.6) is 0 Å². The predicted octanol–water partition coefficient (Wildman–Crippen LogP) is 4.23. The number of hydrogen-bond donors (Lipinski definition) is 3. The SMILES string of the molecule is CCNC(=NCc1cccc(NC(=O)N2CCCC2)c1)NCC(C)c1ccsc1. The summed E-state index contributed by atoms with van der Waals surface area (Å²) in [6, 6.07) is 10.1. The van der Waals surface area contributed by atoms with Gasteiger partial charge in [-0.15, -0.1) is 0 Å². The minimum absolute atomic E-state index is 0.0134. The van der Waals surface area contributed by atoms with Crippen LogP contribution in [-0.2, 0) is 6.54 Å². The Hall–Kier alpha value is -2.54. The van der Waals surface area contributed by atoms with Gasteiger partial charge >= 0.3 is 6.03 Å². The molecule has 0 bridgehead atoms. The number of anilines is 1. The van der Waals surface area contributed by atoms with Crippen molar-refractivity contribution in [2.45, 2.75) is 39.2 Å². The fourth-order valence-corrected chi connectivity index (χ4v) is 4.09. The first kappa shape index (κ1) is 21.2. The van der Waals surface area contributed by atoms with Crippen LogP contribution in [0.25, 0.3) is 0 Å². The number of urea groups is 1. The summed E-state index contributed by atoms with van der Waals surface area (Å²) >= 11 is 1.73. The second-order valence-electron chi connectivity index (χ2n) is 7.36. The van der Waals surface area contributed by atoms with Crippen LogP contribution in [0.15, 0.2) is 46.1 Å². The van der Waals surface area contributed by atoms with Gasteiger partial charge in [0.05, 0.1) is 6.54 Å². The van der Waals surface area contributed by atoms with Crippen molar-refractivity contribution in [1.29, 1.82) is 0 Å². The molecular weight excluding hydrogens is 382 g/mol. The summed E-state index contributed by atoms with van der Waals surface area (Å²) < 4.78 is 0. The van der Waals surface area contributed by atoms with Crippen molar-refractivity contribution in [3.05, 3.63) is 52.2 Å². The maximum atomic E-state index is 12.3. The lowest BCUT2D eigenvalue weighted by Gasteiger charge is -2.17. The van der Waals surface area contributed by atoms with E-state index in [4.69, 9.17) is 4.99 Å². The molecule has 1 aromatic carbocycles. The predicted molar refractivity (Wildman–Crippen MR) is 122 cm³/mol. The number of guanidine groups is 1. The summed E-state index contributed by atoms with van der Waals surface area (Å²) in [6.07, 6.45) is 2.18. The van der Waals surface area contributed by atoms with Gasteiger partial charge in [-0.1, -0.05) is 19.1 Å². The average molecular weight is 414 g/mol. The number of amides is 2. The molecule has 1 aromatic heterocycles. The highest BCUT2D eigenvalue weighted by molar-refractivity contribution is 7.07. The topological polar surface area (TPSA) is 68.8 Å². The Balaban J connectivity index is 1.56. The van der Waals surface area contributed by atoms with E-state index in [2.05, 4.69) is 46.6 Å². The molecule has 2 heterocycles. The Morgan fingerprint density at radius 2 is 2.07 bits per heavy atom. The second kappa shape index (κ2) is 10.9. The fourth-order valence-electron chi connectivity index (χ4n) is 3.31. The summed E-state index contributed by atoms with van der Waals surface area (Å²) in [5, 5.41) is 14.0. The van der Waals surface area contributed by atoms with Gasteiger partial charge in [0.1, 0.15) is 0 Å². The molecule has 1 fully saturated rings. The molecule has 1 aliphatic heterocycles. The fraction of sp³-hybridized carbons (Fsp3) is 0.455. The summed E-state index contributed by atoms with van der Waals surface area (Å²) in [7, 11) is 0. The number of aliphatic imine (C=N–C) groups is 1. The van der Waals surface area contributed by atoms with E-state index in [9.17, 15) is 4.79 Å². The number of carbonyl (C=O) groups excluding carboxylic acids is 1. The molecule has 0 saturated carbocycles. The van der Waals surface area contributed by atoms with Crippen molar-refractivity contribution in [2.24, 2.45) is 4.99 Å². The maximum absolute atomic E-state index is 12.3. The number of likely N-dealkylation sites (tertiary alicyclic amines) is 1. The lowest BCUT2D eigenvalue weighted by atomic mass is 10.1. The van der Waals surface area contributed by atoms with Gasteiger partial charge in [0.25, 0.3) is 0 Å². The van der Waals surface area contributed by atoms with Crippen molar-refractivity contribution in [1.82, 2.24) is 15.5 Å². The molecule has 29 heavy (non-hydrogen) atoms. The van der Waals surface area contributed by atoms with Gasteiger partial charge in [0.15, 0.2) is 5.96 Å². The van der Waals surface area contributed by atoms with Crippen LogP contribution in [0.3, 0.4) is 0 Å². The number of nitrogens with one attached hydrogen (secondary N) is 3. The highest BCUT2D eigenvalue weighted by Gasteiger charge is 2.17. The Morgan fingerprint density at radius 3 is 2.79 bits per heavy atom. The minimum Gasteiger partial charge on any atom is -0.357 e. The van der Waals surface area contributed by atoms with Crippen molar-refractivity contribution in [2.75, 3.05) is 31.5 Å². The molecule has 3 rings (SSSR count). The molecule has 7 heteroatoms. The van der Waals surface area contributed by atoms with E-state index in [0.717, 1.165) is 56.2 Å². The van der Waals surface area contributed by atoms with Crippen LogP contribution in [0.2, 0.25) is 0 Å². The van der Waals surface area contributed by atoms with Gasteiger partial charge in [0, 0.05) is 31.9 Å². The Labute approximate surface area is 177 Å². The first-order valence-corrected chi connectivity index (χ1v) is 11.3. The van der Waals surface area contributed by atoms with Crippen LogP contribution in [-0.4, -0.2) is 43.1 Å². The van der Waals surface area contributed by atoms with Gasteiger partial charge in [-0.05, 0) is 65.8 Å². The zero-order chi connectivity index (χ0) is 20.5. The average Bonchev–Trinajstić information content (AvgIpc) is 3.44. The van der Waals surface area contributed by atoms with Gasteiger partial charge in [-0.3, -0.25) is 0 Å². The largest absolute Gasteiger partial charge is 0.357 e. The zero-order valence-electron chi connectivity index (χ0n) is 17.3. The van der Waals surface area contributed by atoms with E-state index in [1.165, 1.54) is 5.56 Å². The number of hydrogen-bond acceptors (Lipinski definition) is 3. The molecule has 2 amide bonds. The van der Waals surface area contributed by atoms with E-state index in [0.29, 0.717) is 12.5 Å². The van der Waals surface area contributed by atoms with Gasteiger partial charge in [-0.2, -0.15) is 11.3 Å². The molecule has 1 saturated heterocycles. The van der Waals surface area contributed by atoms with Crippen LogP contribution in [0.1, 0.15) is 43.7 Å². The first-order valence-electron chi connectivity index (χ1n) is 10.3. The third kappa shape index (κ3) is 6.49. The highest BCUT2D eigenvalue weighted by Crippen LogP contribution is 2.17. The van der Waals surface area contributed by atoms with Crippen LogP contribution in [0, 0.1) is 0 Å². The van der Waals surface area contributed by atoms with Crippen molar-refractivity contribution < 1.29 is 4.79 Å². The van der Waals surface area contributed by atoms with Gasteiger partial charge < -0.3 is 20.9 Å². The lowest BCUT2D eigenvalue weighted by Crippen LogP contribution is -2.39. The standard InChI is InChI=1S/C22H31N5OS/c1-3-23-21(24-14-17(2)19-9-12-29-16-19)25-15-18-7-6-8-20(13-18)26-22(28)27-10-4-5-11-27/h6-9,12-13,16-17H,3-5,10-11,14-15H2,1-2H3,(H,26,28)(H2,23,24,25). The maximum Gasteiger partial charge on any atom is 0.321 e. The molecule has 3 N–H and O–H groups in total. The minimum atomic E-state index is -0.0134. The summed E-state index contributed by atoms with van der Waals surface area (Å²) in [5.41, 5.74) is 3.23. The number of carbonyl (C=O) groups is 1. The molecule has 1 aliphatic rings. The summed E-state index contributed by atoms with van der Waals surface area (Å²) in [4.78, 5) is 18.9. The van der Waals surface area contributed by atoms with E-state index in [-0.39, 0.29) is 6.03 Å². The van der Waals surface area contributed by atoms with Crippen molar-refractivity contribution in [3.8, 4) is 0 Å². The van der Waals surface area contributed by atoms with E-state index >= 15 is 0 Å². The van der Waals surface area contributed by atoms with E-state index in [1.54, 1.807) is 11.3 Å². The van der Waals surface area contributed by atoms with Crippen molar-refractivity contribution in [3.63, 3.8) is 0 Å². The Morgan fingerprint density at radius 1 is 1.24 bits per heavy atom. The molecule has 1 atom stereocenters. The third-order valence-electron chi connectivity index (χ3n) is 5.02. The molecule has 0 radical (unpaired) electrons. The molecule has 1 unspecified atom stereocenters. The third-order valence-corrected chi connectivity index (χ3v) is 5.72. The monoisotopic (exact) mass is 413 g/mol. The van der Waals surface area contributed by atoms with Crippen LogP contribution < -0.4 is 16.0 Å². The van der Waals surface area contributed by atoms with Crippen LogP contribution >= 0.6 is 11.3 Å². The van der Waals surface area contributed by atoms with E-state index < -0.39 is 0 Å². The van der Waals surface area contributed by atoms with Crippen molar-refractivity contribution >= 4 is 29.0 Å². The smallest absolute Gasteiger partial charge is 0.321 e. The van der Waals surface area contributed by atoms with Crippen LogP contribution in [0.4, 0.5) is 10.5 Å². The highest BCUT2D eigenvalue weighted by atomic mass is 32.1. The molecule has 2 aromatic rings. The molecule has 6 nitrogen and oxygen atoms in total. The normalized spacial score (nSPS) is 15.2. The molecular formula is C22H31N5OS. The van der Waals surface area contributed by atoms with Gasteiger partial charge in [-0.25, -0.2) is 9.79 Å². The second-order valence-corrected chi connectivity index (χ2v) is 8.14. The Kier molecular flexibility index (Phi) is 7.93. The number of thiophene rings is 1. The summed E-state index contributed by atoms with van der Waals surface area (Å²) in [6.45, 7) is 8.16. The number of rotatable bonds is 7. The zero-order valence-corrected chi connectivity index (χ0v) is 18.1. The summed E-state index contributed by atoms with van der Waals surface area (Å²) in [5.74, 6) is 1.23. The van der Waals surface area contributed by atoms with E-state index in [1.807, 2.05) is 29.2 Å². The number of nitrogens with zero attached hydrogens (tertiary/aromatic N) is 2. The molecule has 0 spiro atoms. The molecule has 0 aliphatic carbocycles.